The molecule has 3 aliphatic carbocycles. The standard InChI is InChI=1S/C14H12N2/c15-11-5-4-9-2-1-3-13(9)14-8-12(16)7-10(14)6-11/h1-8H,15-16H2. The van der Waals surface area contributed by atoms with Crippen LogP contribution in [0, 0.1) is 0 Å². The van der Waals surface area contributed by atoms with Crippen LogP contribution in [0.1, 0.15) is 0 Å². The van der Waals surface area contributed by atoms with Gasteiger partial charge in [-0.3, -0.25) is 0 Å². The summed E-state index contributed by atoms with van der Waals surface area (Å²) in [6.07, 6.45) is 0. The van der Waals surface area contributed by atoms with Gasteiger partial charge < -0.3 is 11.5 Å². The molecule has 0 atom stereocenters. The fourth-order valence-corrected chi connectivity index (χ4v) is 2.14. The normalized spacial score (nSPS) is 11.0. The third kappa shape index (κ3) is 1.27. The Morgan fingerprint density at radius 2 is 1.44 bits per heavy atom. The van der Waals surface area contributed by atoms with Crippen molar-refractivity contribution in [3.8, 4) is 22.3 Å². The number of anilines is 2. The maximum absolute atomic E-state index is 5.89. The van der Waals surface area contributed by atoms with Gasteiger partial charge in [0.05, 0.1) is 0 Å². The lowest BCUT2D eigenvalue weighted by Gasteiger charge is -2.03. The van der Waals surface area contributed by atoms with Crippen molar-refractivity contribution in [2.75, 3.05) is 11.5 Å². The summed E-state index contributed by atoms with van der Waals surface area (Å²) in [4.78, 5) is 0. The molecule has 3 aliphatic rings. The quantitative estimate of drug-likeness (QED) is 0.596. The van der Waals surface area contributed by atoms with E-state index in [4.69, 9.17) is 11.5 Å². The molecule has 4 N–H and O–H groups in total. The average Bonchev–Trinajstić information content (AvgIpc) is 2.80. The molecule has 0 radical (unpaired) electrons. The molecule has 0 unspecified atom stereocenters. The van der Waals surface area contributed by atoms with Crippen molar-refractivity contribution in [1.29, 1.82) is 0 Å². The maximum atomic E-state index is 5.89. The molecule has 0 aromatic rings. The van der Waals surface area contributed by atoms with Crippen LogP contribution in [0.2, 0.25) is 0 Å². The Kier molecular flexibility index (Phi) is 1.77. The fraction of sp³-hybridized carbons (Fsp3) is 0. The van der Waals surface area contributed by atoms with E-state index >= 15 is 0 Å². The molecular weight excluding hydrogens is 196 g/mol. The first-order valence-corrected chi connectivity index (χ1v) is 5.21. The average molecular weight is 208 g/mol. The summed E-state index contributed by atoms with van der Waals surface area (Å²) >= 11 is 0. The van der Waals surface area contributed by atoms with Crippen LogP contribution in [-0.2, 0) is 0 Å². The van der Waals surface area contributed by atoms with E-state index in [0.29, 0.717) is 0 Å². The highest BCUT2D eigenvalue weighted by Gasteiger charge is 2.11. The van der Waals surface area contributed by atoms with Gasteiger partial charge >= 0.3 is 0 Å². The predicted molar refractivity (Wildman–Crippen MR) is 68.5 cm³/mol. The van der Waals surface area contributed by atoms with Gasteiger partial charge in [-0.05, 0) is 46.5 Å². The van der Waals surface area contributed by atoms with Gasteiger partial charge in [0, 0.05) is 11.4 Å². The number of fused-ring (bicyclic) bond motifs is 3. The number of nitrogen functional groups attached to an aromatic ring is 2. The van der Waals surface area contributed by atoms with E-state index < -0.39 is 0 Å². The van der Waals surface area contributed by atoms with E-state index in [1.165, 1.54) is 11.1 Å². The number of hydrogen-bond acceptors (Lipinski definition) is 2. The highest BCUT2D eigenvalue weighted by Crippen LogP contribution is 2.37. The third-order valence-electron chi connectivity index (χ3n) is 2.86. The van der Waals surface area contributed by atoms with Crippen LogP contribution in [0.15, 0.2) is 48.5 Å². The molecule has 0 saturated carbocycles. The summed E-state index contributed by atoms with van der Waals surface area (Å²) < 4.78 is 0. The lowest BCUT2D eigenvalue weighted by Crippen LogP contribution is -1.84. The van der Waals surface area contributed by atoms with Crippen molar-refractivity contribution in [1.82, 2.24) is 0 Å². The molecule has 0 bridgehead atoms. The summed E-state index contributed by atoms with van der Waals surface area (Å²) in [5, 5.41) is 0. The first kappa shape index (κ1) is 9.04. The van der Waals surface area contributed by atoms with E-state index in [0.717, 1.165) is 22.5 Å². The highest BCUT2D eigenvalue weighted by molar-refractivity contribution is 5.89. The second kappa shape index (κ2) is 3.14. The molecule has 0 aliphatic heterocycles. The van der Waals surface area contributed by atoms with E-state index in [1.54, 1.807) is 0 Å². The smallest absolute Gasteiger partial charge is 0.0326 e. The SMILES string of the molecule is Nc1ccc2cccc-2c2cc(N)cc-2c1. The molecule has 0 aromatic heterocycles. The molecule has 0 aromatic carbocycles. The molecular formula is C14H12N2. The van der Waals surface area contributed by atoms with E-state index in [2.05, 4.69) is 12.1 Å². The van der Waals surface area contributed by atoms with Gasteiger partial charge in [0.15, 0.2) is 0 Å². The minimum Gasteiger partial charge on any atom is -0.399 e. The van der Waals surface area contributed by atoms with Crippen LogP contribution < -0.4 is 11.5 Å². The lowest BCUT2D eigenvalue weighted by molar-refractivity contribution is 1.68. The van der Waals surface area contributed by atoms with Crippen LogP contribution in [0.4, 0.5) is 11.4 Å². The minimum absolute atomic E-state index is 0.749. The summed E-state index contributed by atoms with van der Waals surface area (Å²) in [6.45, 7) is 0. The summed E-state index contributed by atoms with van der Waals surface area (Å²) in [5.74, 6) is 0. The lowest BCUT2D eigenvalue weighted by atomic mass is 10.0. The summed E-state index contributed by atoms with van der Waals surface area (Å²) in [6, 6.07) is 16.1. The fourth-order valence-electron chi connectivity index (χ4n) is 2.14. The number of nitrogens with two attached hydrogens (primary N) is 2. The first-order valence-electron chi connectivity index (χ1n) is 5.21. The van der Waals surface area contributed by atoms with Crippen LogP contribution in [0.25, 0.3) is 22.3 Å². The van der Waals surface area contributed by atoms with Crippen LogP contribution in [-0.4, -0.2) is 0 Å². The van der Waals surface area contributed by atoms with Crippen molar-refractivity contribution in [2.45, 2.75) is 0 Å². The Bertz CT molecular complexity index is 601. The number of rotatable bonds is 0. The van der Waals surface area contributed by atoms with Crippen LogP contribution >= 0.6 is 0 Å². The molecule has 0 fully saturated rings. The second-order valence-electron chi connectivity index (χ2n) is 4.03. The second-order valence-corrected chi connectivity index (χ2v) is 4.03. The van der Waals surface area contributed by atoms with Crippen molar-refractivity contribution in [3.05, 3.63) is 48.5 Å². The Labute approximate surface area is 94.2 Å². The molecule has 0 heterocycles. The zero-order valence-corrected chi connectivity index (χ0v) is 8.77. The monoisotopic (exact) mass is 208 g/mol. The zero-order valence-electron chi connectivity index (χ0n) is 8.77. The molecule has 2 nitrogen and oxygen atoms in total. The predicted octanol–water partition coefficient (Wildman–Crippen LogP) is 3.06. The molecule has 78 valence electrons. The Balaban J connectivity index is 2.43. The van der Waals surface area contributed by atoms with Gasteiger partial charge in [-0.1, -0.05) is 24.3 Å². The molecule has 0 amide bonds. The third-order valence-corrected chi connectivity index (χ3v) is 2.86. The minimum atomic E-state index is 0.749. The van der Waals surface area contributed by atoms with Gasteiger partial charge in [0.1, 0.15) is 0 Å². The molecule has 3 rings (SSSR count). The van der Waals surface area contributed by atoms with Crippen LogP contribution in [0.5, 0.6) is 0 Å². The van der Waals surface area contributed by atoms with Gasteiger partial charge in [0.25, 0.3) is 0 Å². The van der Waals surface area contributed by atoms with E-state index in [-0.39, 0.29) is 0 Å². The molecule has 2 heteroatoms. The largest absolute Gasteiger partial charge is 0.399 e. The Morgan fingerprint density at radius 1 is 0.625 bits per heavy atom. The van der Waals surface area contributed by atoms with Crippen molar-refractivity contribution < 1.29 is 0 Å². The number of hydrogen-bond donors (Lipinski definition) is 2. The van der Waals surface area contributed by atoms with Gasteiger partial charge in [-0.25, -0.2) is 0 Å². The van der Waals surface area contributed by atoms with Gasteiger partial charge in [-0.2, -0.15) is 0 Å². The Hall–Kier alpha value is -2.22. The van der Waals surface area contributed by atoms with Crippen molar-refractivity contribution in [2.24, 2.45) is 0 Å². The summed E-state index contributed by atoms with van der Waals surface area (Å²) in [7, 11) is 0. The maximum Gasteiger partial charge on any atom is 0.0326 e. The molecule has 0 saturated heterocycles. The molecule has 0 spiro atoms. The van der Waals surface area contributed by atoms with Gasteiger partial charge in [-0.15, -0.1) is 0 Å². The first-order chi connectivity index (χ1) is 7.74. The molecule has 16 heavy (non-hydrogen) atoms. The van der Waals surface area contributed by atoms with Crippen LogP contribution in [0.3, 0.4) is 0 Å². The Morgan fingerprint density at radius 3 is 2.31 bits per heavy atom. The van der Waals surface area contributed by atoms with E-state index in [9.17, 15) is 0 Å². The van der Waals surface area contributed by atoms with Crippen molar-refractivity contribution >= 4 is 11.4 Å². The summed E-state index contributed by atoms with van der Waals surface area (Å²) in [5.41, 5.74) is 17.9. The highest BCUT2D eigenvalue weighted by atomic mass is 14.6. The van der Waals surface area contributed by atoms with E-state index in [1.807, 2.05) is 36.4 Å². The topological polar surface area (TPSA) is 52.0 Å². The zero-order chi connectivity index (χ0) is 11.1. The van der Waals surface area contributed by atoms with Crippen molar-refractivity contribution in [3.63, 3.8) is 0 Å². The van der Waals surface area contributed by atoms with Gasteiger partial charge in [0.2, 0.25) is 0 Å².